The van der Waals surface area contributed by atoms with Crippen LogP contribution in [0.1, 0.15) is 0 Å². The molecule has 0 aromatic carbocycles. The molecule has 0 aliphatic carbocycles. The second kappa shape index (κ2) is 7.83. The van der Waals surface area contributed by atoms with Gasteiger partial charge in [-0.25, -0.2) is 0 Å². The van der Waals surface area contributed by atoms with Crippen LogP contribution in [-0.2, 0) is 0 Å². The van der Waals surface area contributed by atoms with Gasteiger partial charge in [-0.2, -0.15) is 0 Å². The number of halogens is 2. The van der Waals surface area contributed by atoms with Crippen LogP contribution in [0.3, 0.4) is 0 Å². The lowest BCUT2D eigenvalue weighted by atomic mass is 10.4. The number of rotatable bonds is 6. The number of aliphatic hydroxyl groups excluding tert-OH is 2. The zero-order valence-electron chi connectivity index (χ0n) is 6.71. The summed E-state index contributed by atoms with van der Waals surface area (Å²) >= 11 is 11.0. The summed E-state index contributed by atoms with van der Waals surface area (Å²) in [5.41, 5.74) is 1.28. The van der Waals surface area contributed by atoms with E-state index in [4.69, 9.17) is 33.4 Å². The summed E-state index contributed by atoms with van der Waals surface area (Å²) in [6, 6.07) is 0. The average molecular weight is 214 g/mol. The van der Waals surface area contributed by atoms with Crippen molar-refractivity contribution >= 4 is 23.2 Å². The first-order chi connectivity index (χ1) is 5.74. The molecule has 0 rings (SSSR count). The van der Waals surface area contributed by atoms with E-state index in [2.05, 4.69) is 0 Å². The third kappa shape index (κ3) is 5.80. The summed E-state index contributed by atoms with van der Waals surface area (Å²) in [6.45, 7) is 1.54. The van der Waals surface area contributed by atoms with Crippen LogP contribution in [0.25, 0.3) is 0 Å². The van der Waals surface area contributed by atoms with Gasteiger partial charge < -0.3 is 10.2 Å². The van der Waals surface area contributed by atoms with E-state index in [1.54, 1.807) is 4.90 Å². The Morgan fingerprint density at radius 2 is 1.75 bits per heavy atom. The zero-order valence-corrected chi connectivity index (χ0v) is 8.22. The summed E-state index contributed by atoms with van der Waals surface area (Å²) in [7, 11) is 0. The van der Waals surface area contributed by atoms with Crippen molar-refractivity contribution in [3.05, 3.63) is 10.6 Å². The maximum Gasteiger partial charge on any atom is 0.0558 e. The Labute approximate surface area is 82.2 Å². The molecule has 0 spiro atoms. The van der Waals surface area contributed by atoms with Gasteiger partial charge in [-0.1, -0.05) is 23.2 Å². The normalized spacial score (nSPS) is 12.6. The van der Waals surface area contributed by atoms with Gasteiger partial charge in [0.05, 0.1) is 13.2 Å². The van der Waals surface area contributed by atoms with Gasteiger partial charge in [-0.3, -0.25) is 4.90 Å². The Hall–Kier alpha value is 0.200. The molecular weight excluding hydrogens is 201 g/mol. The molecule has 0 saturated heterocycles. The minimum absolute atomic E-state index is 0.0481. The molecule has 0 heterocycles. The molecule has 0 aromatic rings. The molecule has 72 valence electrons. The molecule has 0 atom stereocenters. The van der Waals surface area contributed by atoms with Crippen LogP contribution in [0.5, 0.6) is 0 Å². The summed E-state index contributed by atoms with van der Waals surface area (Å²) in [5.74, 6) is 0. The van der Waals surface area contributed by atoms with Gasteiger partial charge in [0.2, 0.25) is 0 Å². The van der Waals surface area contributed by atoms with E-state index in [0.717, 1.165) is 0 Å². The smallest absolute Gasteiger partial charge is 0.0558 e. The van der Waals surface area contributed by atoms with Crippen LogP contribution in [0.15, 0.2) is 10.6 Å². The van der Waals surface area contributed by atoms with Gasteiger partial charge in [0, 0.05) is 30.2 Å². The summed E-state index contributed by atoms with van der Waals surface area (Å²) in [5, 5.41) is 17.8. The molecular formula is C7H13Cl2NO2. The molecule has 0 bridgehead atoms. The maximum atomic E-state index is 8.63. The van der Waals surface area contributed by atoms with Crippen molar-refractivity contribution in [2.24, 2.45) is 0 Å². The van der Waals surface area contributed by atoms with Crippen molar-refractivity contribution in [2.45, 2.75) is 0 Å². The summed E-state index contributed by atoms with van der Waals surface area (Å²) < 4.78 is 0. The van der Waals surface area contributed by atoms with E-state index in [1.165, 1.54) is 5.54 Å². The van der Waals surface area contributed by atoms with Crippen molar-refractivity contribution in [3.63, 3.8) is 0 Å². The Balaban J connectivity index is 3.77. The third-order valence-electron chi connectivity index (χ3n) is 1.33. The zero-order chi connectivity index (χ0) is 9.40. The molecule has 2 N–H and O–H groups in total. The molecule has 0 aromatic heterocycles. The fraction of sp³-hybridized carbons (Fsp3) is 0.714. The Morgan fingerprint density at radius 1 is 1.25 bits per heavy atom. The van der Waals surface area contributed by atoms with Crippen molar-refractivity contribution in [2.75, 3.05) is 32.8 Å². The van der Waals surface area contributed by atoms with E-state index < -0.39 is 0 Å². The van der Waals surface area contributed by atoms with Crippen LogP contribution in [0, 0.1) is 0 Å². The topological polar surface area (TPSA) is 43.7 Å². The fourth-order valence-corrected chi connectivity index (χ4v) is 1.04. The number of aliphatic hydroxyl groups is 2. The lowest BCUT2D eigenvalue weighted by Crippen LogP contribution is -2.30. The largest absolute Gasteiger partial charge is 0.395 e. The van der Waals surface area contributed by atoms with Gasteiger partial charge in [-0.05, 0) is 0 Å². The number of hydrogen-bond donors (Lipinski definition) is 2. The fourth-order valence-electron chi connectivity index (χ4n) is 0.801. The van der Waals surface area contributed by atoms with Crippen LogP contribution < -0.4 is 0 Å². The minimum Gasteiger partial charge on any atom is -0.395 e. The molecule has 0 aliphatic rings. The van der Waals surface area contributed by atoms with E-state index >= 15 is 0 Å². The molecule has 5 heteroatoms. The first-order valence-corrected chi connectivity index (χ1v) is 4.44. The molecule has 12 heavy (non-hydrogen) atoms. The Kier molecular flexibility index (Phi) is 7.96. The molecule has 0 aliphatic heterocycles. The SMILES string of the molecule is OCCN(CCO)CC(Cl)=CCl. The van der Waals surface area contributed by atoms with E-state index in [1.807, 2.05) is 0 Å². The van der Waals surface area contributed by atoms with Crippen LogP contribution in [0.4, 0.5) is 0 Å². The minimum atomic E-state index is 0.0481. The van der Waals surface area contributed by atoms with Gasteiger partial charge in [-0.15, -0.1) is 0 Å². The molecule has 0 fully saturated rings. The predicted octanol–water partition coefficient (Wildman–Crippen LogP) is 0.592. The maximum absolute atomic E-state index is 8.63. The van der Waals surface area contributed by atoms with Gasteiger partial charge in [0.25, 0.3) is 0 Å². The first kappa shape index (κ1) is 12.2. The van der Waals surface area contributed by atoms with E-state index in [9.17, 15) is 0 Å². The average Bonchev–Trinajstić information content (AvgIpc) is 2.05. The molecule has 0 unspecified atom stereocenters. The Bertz CT molecular complexity index is 135. The van der Waals surface area contributed by atoms with Crippen LogP contribution >= 0.6 is 23.2 Å². The van der Waals surface area contributed by atoms with Gasteiger partial charge in [0.15, 0.2) is 0 Å². The Morgan fingerprint density at radius 3 is 2.08 bits per heavy atom. The van der Waals surface area contributed by atoms with Gasteiger partial charge in [0.1, 0.15) is 0 Å². The molecule has 3 nitrogen and oxygen atoms in total. The molecule has 0 saturated carbocycles. The van der Waals surface area contributed by atoms with Crippen molar-refractivity contribution < 1.29 is 10.2 Å². The second-order valence-electron chi connectivity index (χ2n) is 2.28. The van der Waals surface area contributed by atoms with E-state index in [0.29, 0.717) is 24.7 Å². The standard InChI is InChI=1S/C7H13Cl2NO2/c8-5-7(9)6-10(1-3-11)2-4-12/h5,11-12H,1-4,6H2. The van der Waals surface area contributed by atoms with Crippen molar-refractivity contribution in [1.82, 2.24) is 4.90 Å². The summed E-state index contributed by atoms with van der Waals surface area (Å²) in [6.07, 6.45) is 0. The highest BCUT2D eigenvalue weighted by Crippen LogP contribution is 2.05. The monoisotopic (exact) mass is 213 g/mol. The van der Waals surface area contributed by atoms with Crippen molar-refractivity contribution in [1.29, 1.82) is 0 Å². The van der Waals surface area contributed by atoms with Gasteiger partial charge >= 0.3 is 0 Å². The molecule has 0 amide bonds. The first-order valence-electron chi connectivity index (χ1n) is 3.63. The van der Waals surface area contributed by atoms with Crippen LogP contribution in [-0.4, -0.2) is 48.0 Å². The molecule has 0 radical (unpaired) electrons. The van der Waals surface area contributed by atoms with E-state index in [-0.39, 0.29) is 13.2 Å². The highest BCUT2D eigenvalue weighted by molar-refractivity contribution is 6.36. The quantitative estimate of drug-likeness (QED) is 0.680. The summed E-state index contributed by atoms with van der Waals surface area (Å²) in [4.78, 5) is 1.81. The van der Waals surface area contributed by atoms with Crippen LogP contribution in [0.2, 0.25) is 0 Å². The van der Waals surface area contributed by atoms with Crippen molar-refractivity contribution in [3.8, 4) is 0 Å². The second-order valence-corrected chi connectivity index (χ2v) is 2.98. The highest BCUT2D eigenvalue weighted by Gasteiger charge is 2.04. The predicted molar refractivity (Wildman–Crippen MR) is 50.4 cm³/mol. The lowest BCUT2D eigenvalue weighted by Gasteiger charge is -2.18. The highest BCUT2D eigenvalue weighted by atomic mass is 35.5. The lowest BCUT2D eigenvalue weighted by molar-refractivity contribution is 0.171. The number of nitrogens with zero attached hydrogens (tertiary/aromatic N) is 1. The third-order valence-corrected chi connectivity index (χ3v) is 1.93. The number of hydrogen-bond acceptors (Lipinski definition) is 3.